The summed E-state index contributed by atoms with van der Waals surface area (Å²) in [7, 11) is 1.97. The third kappa shape index (κ3) is 2.96. The smallest absolute Gasteiger partial charge is 0.123 e. The highest BCUT2D eigenvalue weighted by Gasteiger charge is 2.10. The van der Waals surface area contributed by atoms with E-state index in [9.17, 15) is 4.39 Å². The fraction of sp³-hybridized carbons (Fsp3) is 0.357. The molecular formula is C14H18FN3. The third-order valence-electron chi connectivity index (χ3n) is 3.09. The summed E-state index contributed by atoms with van der Waals surface area (Å²) in [6, 6.07) is 6.89. The Bertz CT molecular complexity index is 507. The zero-order valence-corrected chi connectivity index (χ0v) is 10.7. The highest BCUT2D eigenvalue weighted by Crippen LogP contribution is 2.17. The van der Waals surface area contributed by atoms with E-state index in [0.717, 1.165) is 17.8 Å². The van der Waals surface area contributed by atoms with Crippen LogP contribution in [-0.4, -0.2) is 9.55 Å². The summed E-state index contributed by atoms with van der Waals surface area (Å²) >= 11 is 0. The molecule has 0 saturated heterocycles. The van der Waals surface area contributed by atoms with Gasteiger partial charge in [0.1, 0.15) is 11.6 Å². The first-order valence-corrected chi connectivity index (χ1v) is 6.15. The van der Waals surface area contributed by atoms with E-state index in [1.165, 1.54) is 6.07 Å². The van der Waals surface area contributed by atoms with Crippen molar-refractivity contribution in [3.05, 3.63) is 53.9 Å². The van der Waals surface area contributed by atoms with E-state index < -0.39 is 0 Å². The fourth-order valence-electron chi connectivity index (χ4n) is 2.00. The summed E-state index contributed by atoms with van der Waals surface area (Å²) in [4.78, 5) is 4.26. The van der Waals surface area contributed by atoms with E-state index in [1.807, 2.05) is 23.9 Å². The summed E-state index contributed by atoms with van der Waals surface area (Å²) in [6.07, 6.45) is 4.61. The molecule has 1 unspecified atom stereocenters. The summed E-state index contributed by atoms with van der Waals surface area (Å²) in [5.41, 5.74) is 0.978. The molecule has 2 aromatic rings. The van der Waals surface area contributed by atoms with E-state index in [1.54, 1.807) is 18.3 Å². The summed E-state index contributed by atoms with van der Waals surface area (Å²) in [5, 5.41) is 3.41. The van der Waals surface area contributed by atoms with Gasteiger partial charge in [0.05, 0.1) is 6.54 Å². The Morgan fingerprint density at radius 3 is 2.89 bits per heavy atom. The zero-order chi connectivity index (χ0) is 13.0. The minimum atomic E-state index is -0.190. The highest BCUT2D eigenvalue weighted by molar-refractivity contribution is 5.20. The second-order valence-electron chi connectivity index (χ2n) is 4.35. The van der Waals surface area contributed by atoms with E-state index in [0.29, 0.717) is 6.54 Å². The molecule has 0 amide bonds. The maximum Gasteiger partial charge on any atom is 0.123 e. The van der Waals surface area contributed by atoms with Gasteiger partial charge in [-0.3, -0.25) is 0 Å². The largest absolute Gasteiger partial charge is 0.337 e. The minimum absolute atomic E-state index is 0.150. The molecular weight excluding hydrogens is 229 g/mol. The van der Waals surface area contributed by atoms with Crippen LogP contribution in [0.5, 0.6) is 0 Å². The predicted molar refractivity (Wildman–Crippen MR) is 69.5 cm³/mol. The van der Waals surface area contributed by atoms with Crippen molar-refractivity contribution in [1.29, 1.82) is 0 Å². The average Bonchev–Trinajstić information content (AvgIpc) is 2.76. The molecule has 0 bridgehead atoms. The van der Waals surface area contributed by atoms with Crippen LogP contribution in [0, 0.1) is 5.82 Å². The zero-order valence-electron chi connectivity index (χ0n) is 10.7. The lowest BCUT2D eigenvalue weighted by atomic mass is 10.0. The van der Waals surface area contributed by atoms with Gasteiger partial charge in [0.25, 0.3) is 0 Å². The molecule has 1 aromatic carbocycles. The molecule has 4 heteroatoms. The summed E-state index contributed by atoms with van der Waals surface area (Å²) in [5.74, 6) is 0.787. The number of aryl methyl sites for hydroxylation is 1. The number of hydrogen-bond acceptors (Lipinski definition) is 2. The minimum Gasteiger partial charge on any atom is -0.337 e. The number of hydrogen-bond donors (Lipinski definition) is 1. The van der Waals surface area contributed by atoms with E-state index in [2.05, 4.69) is 17.2 Å². The Labute approximate surface area is 107 Å². The SMILES string of the molecule is CCC(NCc1nccn1C)c1cccc(F)c1. The lowest BCUT2D eigenvalue weighted by Gasteiger charge is -2.17. The van der Waals surface area contributed by atoms with Gasteiger partial charge in [-0.05, 0) is 24.1 Å². The molecule has 0 aliphatic rings. The van der Waals surface area contributed by atoms with E-state index >= 15 is 0 Å². The van der Waals surface area contributed by atoms with Crippen molar-refractivity contribution >= 4 is 0 Å². The Balaban J connectivity index is 2.04. The van der Waals surface area contributed by atoms with E-state index in [4.69, 9.17) is 0 Å². The summed E-state index contributed by atoms with van der Waals surface area (Å²) in [6.45, 7) is 2.76. The van der Waals surface area contributed by atoms with Crippen molar-refractivity contribution in [3.8, 4) is 0 Å². The molecule has 0 spiro atoms. The van der Waals surface area contributed by atoms with Crippen molar-refractivity contribution < 1.29 is 4.39 Å². The first-order chi connectivity index (χ1) is 8.70. The first kappa shape index (κ1) is 12.8. The molecule has 2 rings (SSSR count). The summed E-state index contributed by atoms with van der Waals surface area (Å²) < 4.78 is 15.2. The van der Waals surface area contributed by atoms with Crippen LogP contribution in [0.3, 0.4) is 0 Å². The monoisotopic (exact) mass is 247 g/mol. The number of halogens is 1. The van der Waals surface area contributed by atoms with Crippen molar-refractivity contribution in [1.82, 2.24) is 14.9 Å². The van der Waals surface area contributed by atoms with Crippen molar-refractivity contribution in [2.45, 2.75) is 25.9 Å². The Hall–Kier alpha value is -1.68. The van der Waals surface area contributed by atoms with Gasteiger partial charge in [-0.2, -0.15) is 0 Å². The number of imidazole rings is 1. The van der Waals surface area contributed by atoms with Gasteiger partial charge in [0.2, 0.25) is 0 Å². The molecule has 1 heterocycles. The Morgan fingerprint density at radius 2 is 2.28 bits per heavy atom. The van der Waals surface area contributed by atoms with Crippen molar-refractivity contribution in [2.24, 2.45) is 7.05 Å². The second kappa shape index (κ2) is 5.78. The molecule has 96 valence electrons. The highest BCUT2D eigenvalue weighted by atomic mass is 19.1. The lowest BCUT2D eigenvalue weighted by molar-refractivity contribution is 0.498. The number of benzene rings is 1. The Kier molecular flexibility index (Phi) is 4.10. The van der Waals surface area contributed by atoms with Gasteiger partial charge in [0, 0.05) is 25.5 Å². The first-order valence-electron chi connectivity index (χ1n) is 6.15. The maximum atomic E-state index is 13.2. The van der Waals surface area contributed by atoms with Gasteiger partial charge in [-0.25, -0.2) is 9.37 Å². The van der Waals surface area contributed by atoms with E-state index in [-0.39, 0.29) is 11.9 Å². The predicted octanol–water partition coefficient (Wildman–Crippen LogP) is 2.80. The average molecular weight is 247 g/mol. The van der Waals surface area contributed by atoms with Crippen LogP contribution in [0.4, 0.5) is 4.39 Å². The van der Waals surface area contributed by atoms with Crippen LogP contribution in [0.25, 0.3) is 0 Å². The molecule has 1 N–H and O–H groups in total. The maximum absolute atomic E-state index is 13.2. The van der Waals surface area contributed by atoms with Crippen LogP contribution in [0.15, 0.2) is 36.7 Å². The number of rotatable bonds is 5. The fourth-order valence-corrected chi connectivity index (χ4v) is 2.00. The molecule has 0 saturated carbocycles. The molecule has 3 nitrogen and oxygen atoms in total. The molecule has 1 atom stereocenters. The van der Waals surface area contributed by atoms with Crippen LogP contribution >= 0.6 is 0 Å². The molecule has 0 radical (unpaired) electrons. The molecule has 0 aliphatic heterocycles. The number of aromatic nitrogens is 2. The van der Waals surface area contributed by atoms with Gasteiger partial charge in [-0.1, -0.05) is 19.1 Å². The molecule has 18 heavy (non-hydrogen) atoms. The number of nitrogens with zero attached hydrogens (tertiary/aromatic N) is 2. The normalized spacial score (nSPS) is 12.6. The second-order valence-corrected chi connectivity index (χ2v) is 4.35. The van der Waals surface area contributed by atoms with Crippen LogP contribution in [0.1, 0.15) is 30.8 Å². The number of nitrogens with one attached hydrogen (secondary N) is 1. The quantitative estimate of drug-likeness (QED) is 0.880. The molecule has 0 aliphatic carbocycles. The molecule has 1 aromatic heterocycles. The topological polar surface area (TPSA) is 29.9 Å². The van der Waals surface area contributed by atoms with Gasteiger partial charge in [0.15, 0.2) is 0 Å². The van der Waals surface area contributed by atoms with Gasteiger partial charge in [-0.15, -0.1) is 0 Å². The van der Waals surface area contributed by atoms with Crippen molar-refractivity contribution in [3.63, 3.8) is 0 Å². The van der Waals surface area contributed by atoms with Crippen LogP contribution in [0.2, 0.25) is 0 Å². The van der Waals surface area contributed by atoms with Crippen LogP contribution < -0.4 is 5.32 Å². The Morgan fingerprint density at radius 1 is 1.44 bits per heavy atom. The lowest BCUT2D eigenvalue weighted by Crippen LogP contribution is -2.22. The van der Waals surface area contributed by atoms with Crippen molar-refractivity contribution in [2.75, 3.05) is 0 Å². The van der Waals surface area contributed by atoms with Gasteiger partial charge < -0.3 is 9.88 Å². The molecule has 0 fully saturated rings. The van der Waals surface area contributed by atoms with Crippen LogP contribution in [-0.2, 0) is 13.6 Å². The third-order valence-corrected chi connectivity index (χ3v) is 3.09. The van der Waals surface area contributed by atoms with Gasteiger partial charge >= 0.3 is 0 Å². The standard InChI is InChI=1S/C14H18FN3/c1-3-13(11-5-4-6-12(15)9-11)17-10-14-16-7-8-18(14)2/h4-9,13,17H,3,10H2,1-2H3.